The number of amides is 2. The molecular weight excluding hydrogens is 348 g/mol. The lowest BCUT2D eigenvalue weighted by Crippen LogP contribution is -2.41. The Bertz CT molecular complexity index is 907. The molecule has 0 saturated heterocycles. The van der Waals surface area contributed by atoms with Gasteiger partial charge in [-0.15, -0.1) is 0 Å². The molecule has 0 saturated carbocycles. The van der Waals surface area contributed by atoms with E-state index >= 15 is 0 Å². The predicted molar refractivity (Wildman–Crippen MR) is 97.7 cm³/mol. The Balaban J connectivity index is 1.49. The van der Waals surface area contributed by atoms with Crippen molar-refractivity contribution in [2.75, 3.05) is 6.79 Å². The van der Waals surface area contributed by atoms with Crippen LogP contribution in [0.15, 0.2) is 36.4 Å². The average Bonchev–Trinajstić information content (AvgIpc) is 3.13. The molecule has 2 N–H and O–H groups in total. The summed E-state index contributed by atoms with van der Waals surface area (Å²) in [5.74, 6) is 0.0207. The molecule has 1 heterocycles. The number of hydrogen-bond acceptors (Lipinski definition) is 5. The van der Waals surface area contributed by atoms with Gasteiger partial charge in [0, 0.05) is 24.0 Å². The van der Waals surface area contributed by atoms with Gasteiger partial charge in [-0.1, -0.05) is 17.7 Å². The van der Waals surface area contributed by atoms with Gasteiger partial charge in [-0.3, -0.25) is 25.2 Å². The molecule has 1 aliphatic heterocycles. The number of ketones is 1. The van der Waals surface area contributed by atoms with Gasteiger partial charge in [0.25, 0.3) is 5.91 Å². The van der Waals surface area contributed by atoms with Crippen molar-refractivity contribution in [2.24, 2.45) is 0 Å². The van der Waals surface area contributed by atoms with E-state index in [-0.39, 0.29) is 25.4 Å². The smallest absolute Gasteiger partial charge is 0.269 e. The molecule has 27 heavy (non-hydrogen) atoms. The minimum atomic E-state index is -0.484. The fourth-order valence-corrected chi connectivity index (χ4v) is 2.70. The lowest BCUT2D eigenvalue weighted by Gasteiger charge is -2.09. The van der Waals surface area contributed by atoms with Gasteiger partial charge >= 0.3 is 0 Å². The minimum Gasteiger partial charge on any atom is -0.454 e. The second-order valence-corrected chi connectivity index (χ2v) is 6.31. The predicted octanol–water partition coefficient (Wildman–Crippen LogP) is 2.46. The molecule has 7 heteroatoms. The Hall–Kier alpha value is -3.35. The van der Waals surface area contributed by atoms with Gasteiger partial charge in [0.05, 0.1) is 0 Å². The van der Waals surface area contributed by atoms with E-state index in [1.807, 2.05) is 32.0 Å². The maximum atomic E-state index is 12.3. The number of nitrogens with one attached hydrogen (secondary N) is 2. The molecule has 0 spiro atoms. The van der Waals surface area contributed by atoms with Gasteiger partial charge in [0.2, 0.25) is 12.7 Å². The molecule has 1 aliphatic rings. The lowest BCUT2D eigenvalue weighted by atomic mass is 9.99. The highest BCUT2D eigenvalue weighted by Gasteiger charge is 2.17. The number of hydrazine groups is 1. The van der Waals surface area contributed by atoms with Gasteiger partial charge in [-0.05, 0) is 43.7 Å². The Morgan fingerprint density at radius 3 is 2.52 bits per heavy atom. The number of benzene rings is 2. The summed E-state index contributed by atoms with van der Waals surface area (Å²) < 4.78 is 10.4. The number of carbonyl (C=O) groups is 3. The van der Waals surface area contributed by atoms with Crippen molar-refractivity contribution in [3.63, 3.8) is 0 Å². The van der Waals surface area contributed by atoms with E-state index in [4.69, 9.17) is 9.47 Å². The van der Waals surface area contributed by atoms with E-state index in [1.54, 1.807) is 12.1 Å². The normalized spacial score (nSPS) is 11.8. The number of ether oxygens (including phenoxy) is 2. The third-order valence-corrected chi connectivity index (χ3v) is 4.22. The van der Waals surface area contributed by atoms with E-state index < -0.39 is 11.8 Å². The third-order valence-electron chi connectivity index (χ3n) is 4.22. The molecule has 7 nitrogen and oxygen atoms in total. The number of rotatable bonds is 5. The lowest BCUT2D eigenvalue weighted by molar-refractivity contribution is -0.121. The van der Waals surface area contributed by atoms with Crippen LogP contribution < -0.4 is 20.3 Å². The second-order valence-electron chi connectivity index (χ2n) is 6.31. The summed E-state index contributed by atoms with van der Waals surface area (Å²) >= 11 is 0. The molecule has 0 bridgehead atoms. The van der Waals surface area contributed by atoms with Gasteiger partial charge < -0.3 is 9.47 Å². The fraction of sp³-hybridized carbons (Fsp3) is 0.250. The van der Waals surface area contributed by atoms with E-state index in [1.165, 1.54) is 6.07 Å². The number of hydrogen-bond donors (Lipinski definition) is 2. The van der Waals surface area contributed by atoms with Crippen LogP contribution in [0, 0.1) is 13.8 Å². The molecule has 0 aliphatic carbocycles. The fourth-order valence-electron chi connectivity index (χ4n) is 2.70. The largest absolute Gasteiger partial charge is 0.454 e. The molecule has 2 aromatic rings. The Kier molecular flexibility index (Phi) is 5.40. The molecule has 2 aromatic carbocycles. The molecule has 0 atom stereocenters. The maximum absolute atomic E-state index is 12.3. The quantitative estimate of drug-likeness (QED) is 0.625. The summed E-state index contributed by atoms with van der Waals surface area (Å²) in [6, 6.07) is 10.4. The average molecular weight is 368 g/mol. The van der Waals surface area contributed by atoms with Crippen LogP contribution in [0.5, 0.6) is 11.5 Å². The van der Waals surface area contributed by atoms with Crippen molar-refractivity contribution >= 4 is 17.6 Å². The zero-order valence-electron chi connectivity index (χ0n) is 15.1. The number of Topliss-reactive ketones (excluding diaryl/α,β-unsaturated/α-hetero) is 1. The number of carbonyl (C=O) groups excluding carboxylic acids is 3. The topological polar surface area (TPSA) is 93.7 Å². The number of aryl methyl sites for hydroxylation is 2. The van der Waals surface area contributed by atoms with E-state index in [0.29, 0.717) is 22.6 Å². The van der Waals surface area contributed by atoms with Crippen LogP contribution in [0.3, 0.4) is 0 Å². The van der Waals surface area contributed by atoms with Gasteiger partial charge in [0.1, 0.15) is 0 Å². The summed E-state index contributed by atoms with van der Waals surface area (Å²) in [7, 11) is 0. The first kappa shape index (κ1) is 18.4. The van der Waals surface area contributed by atoms with Crippen molar-refractivity contribution in [2.45, 2.75) is 26.7 Å². The number of fused-ring (bicyclic) bond motifs is 1. The molecular formula is C20H20N2O5. The first-order valence-electron chi connectivity index (χ1n) is 8.53. The van der Waals surface area contributed by atoms with Crippen molar-refractivity contribution < 1.29 is 23.9 Å². The summed E-state index contributed by atoms with van der Waals surface area (Å²) in [5.41, 5.74) is 7.46. The Morgan fingerprint density at radius 2 is 1.70 bits per heavy atom. The summed E-state index contributed by atoms with van der Waals surface area (Å²) in [5, 5.41) is 0. The first-order valence-corrected chi connectivity index (χ1v) is 8.53. The Labute approximate surface area is 156 Å². The molecule has 3 rings (SSSR count). The van der Waals surface area contributed by atoms with Crippen molar-refractivity contribution in [3.8, 4) is 11.5 Å². The van der Waals surface area contributed by atoms with Crippen LogP contribution in [0.25, 0.3) is 0 Å². The van der Waals surface area contributed by atoms with E-state index in [9.17, 15) is 14.4 Å². The van der Waals surface area contributed by atoms with Gasteiger partial charge in [0.15, 0.2) is 17.3 Å². The monoisotopic (exact) mass is 368 g/mol. The van der Waals surface area contributed by atoms with Gasteiger partial charge in [-0.25, -0.2) is 0 Å². The summed E-state index contributed by atoms with van der Waals surface area (Å²) in [6.07, 6.45) is 0.0453. The van der Waals surface area contributed by atoms with E-state index in [2.05, 4.69) is 10.9 Å². The van der Waals surface area contributed by atoms with Crippen LogP contribution in [0.2, 0.25) is 0 Å². The van der Waals surface area contributed by atoms with Crippen LogP contribution in [0.4, 0.5) is 0 Å². The van der Waals surface area contributed by atoms with Crippen molar-refractivity contribution in [1.29, 1.82) is 0 Å². The molecule has 2 amide bonds. The second kappa shape index (κ2) is 7.90. The maximum Gasteiger partial charge on any atom is 0.269 e. The van der Waals surface area contributed by atoms with Crippen LogP contribution in [-0.4, -0.2) is 24.4 Å². The van der Waals surface area contributed by atoms with Crippen LogP contribution in [-0.2, 0) is 4.79 Å². The molecule has 0 radical (unpaired) electrons. The third kappa shape index (κ3) is 4.44. The van der Waals surface area contributed by atoms with Crippen LogP contribution >= 0.6 is 0 Å². The zero-order chi connectivity index (χ0) is 19.4. The zero-order valence-corrected chi connectivity index (χ0v) is 15.1. The Morgan fingerprint density at radius 1 is 0.926 bits per heavy atom. The molecule has 0 aromatic heterocycles. The summed E-state index contributed by atoms with van der Waals surface area (Å²) in [6.45, 7) is 3.89. The summed E-state index contributed by atoms with van der Waals surface area (Å²) in [4.78, 5) is 36.3. The SMILES string of the molecule is Cc1ccc(C)c(C(=O)CCC(=O)NNC(=O)c2ccc3c(c2)OCO3)c1. The highest BCUT2D eigenvalue weighted by molar-refractivity contribution is 6.00. The molecule has 140 valence electrons. The molecule has 0 unspecified atom stereocenters. The van der Waals surface area contributed by atoms with Crippen molar-refractivity contribution in [1.82, 2.24) is 10.9 Å². The highest BCUT2D eigenvalue weighted by Crippen LogP contribution is 2.32. The van der Waals surface area contributed by atoms with Gasteiger partial charge in [-0.2, -0.15) is 0 Å². The first-order chi connectivity index (χ1) is 12.9. The standard InChI is InChI=1S/C20H20N2O5/c1-12-3-4-13(2)15(9-12)16(23)6-8-19(24)21-22-20(25)14-5-7-17-18(10-14)27-11-26-17/h3-5,7,9-10H,6,8,11H2,1-2H3,(H,21,24)(H,22,25). The molecule has 0 fully saturated rings. The van der Waals surface area contributed by atoms with E-state index in [0.717, 1.165) is 11.1 Å². The highest BCUT2D eigenvalue weighted by atomic mass is 16.7. The van der Waals surface area contributed by atoms with Crippen molar-refractivity contribution in [3.05, 3.63) is 58.7 Å². The minimum absolute atomic E-state index is 0.0202. The van der Waals surface area contributed by atoms with Crippen LogP contribution in [0.1, 0.15) is 44.7 Å².